The Labute approximate surface area is 107 Å². The molecule has 5 heteroatoms. The first-order valence-corrected chi connectivity index (χ1v) is 6.61. The van der Waals surface area contributed by atoms with Crippen LogP contribution >= 0.6 is 11.3 Å². The fourth-order valence-corrected chi connectivity index (χ4v) is 3.32. The van der Waals surface area contributed by atoms with E-state index in [9.17, 15) is 14.7 Å². The fraction of sp³-hybridized carbons (Fsp3) is 0.231. The van der Waals surface area contributed by atoms with Crippen LogP contribution in [0.5, 0.6) is 0 Å². The van der Waals surface area contributed by atoms with Gasteiger partial charge in [0.05, 0.1) is 0 Å². The normalized spacial score (nSPS) is 13.6. The summed E-state index contributed by atoms with van der Waals surface area (Å²) in [5.74, 6) is -1.16. The van der Waals surface area contributed by atoms with Gasteiger partial charge in [-0.2, -0.15) is 0 Å². The van der Waals surface area contributed by atoms with Gasteiger partial charge in [-0.1, -0.05) is 6.07 Å². The van der Waals surface area contributed by atoms with Crippen LogP contribution in [0.25, 0.3) is 10.4 Å². The third kappa shape index (κ3) is 1.59. The molecule has 18 heavy (non-hydrogen) atoms. The molecule has 0 fully saturated rings. The summed E-state index contributed by atoms with van der Waals surface area (Å²) in [6.07, 6.45) is 2.62. The Morgan fingerprint density at radius 3 is 2.89 bits per heavy atom. The van der Waals surface area contributed by atoms with Gasteiger partial charge in [-0.15, -0.1) is 11.3 Å². The lowest BCUT2D eigenvalue weighted by Crippen LogP contribution is -2.21. The highest BCUT2D eigenvalue weighted by atomic mass is 32.1. The van der Waals surface area contributed by atoms with Gasteiger partial charge in [0.2, 0.25) is 0 Å². The minimum absolute atomic E-state index is 0.127. The van der Waals surface area contributed by atoms with Crippen LogP contribution in [0, 0.1) is 0 Å². The van der Waals surface area contributed by atoms with Crippen molar-refractivity contribution < 1.29 is 9.90 Å². The molecule has 0 saturated heterocycles. The first-order chi connectivity index (χ1) is 8.68. The first kappa shape index (κ1) is 11.2. The zero-order chi connectivity index (χ0) is 12.7. The monoisotopic (exact) mass is 261 g/mol. The molecule has 0 unspecified atom stereocenters. The number of H-pyrrole nitrogens is 1. The van der Waals surface area contributed by atoms with Crippen molar-refractivity contribution in [1.29, 1.82) is 0 Å². The number of hydrogen-bond donors (Lipinski definition) is 2. The molecule has 2 aromatic rings. The van der Waals surface area contributed by atoms with Crippen LogP contribution in [-0.4, -0.2) is 16.1 Å². The van der Waals surface area contributed by atoms with Gasteiger partial charge in [-0.25, -0.2) is 4.79 Å². The van der Waals surface area contributed by atoms with Crippen LogP contribution in [0.3, 0.4) is 0 Å². The Morgan fingerprint density at radius 1 is 1.39 bits per heavy atom. The number of fused-ring (bicyclic) bond motifs is 1. The van der Waals surface area contributed by atoms with E-state index >= 15 is 0 Å². The van der Waals surface area contributed by atoms with Crippen LogP contribution < -0.4 is 5.56 Å². The molecule has 92 valence electrons. The number of carbonyl (C=O) groups is 1. The number of thiophene rings is 1. The first-order valence-electron chi connectivity index (χ1n) is 5.73. The van der Waals surface area contributed by atoms with Crippen LogP contribution in [0.2, 0.25) is 0 Å². The zero-order valence-electron chi connectivity index (χ0n) is 9.53. The number of aryl methyl sites for hydroxylation is 1. The molecule has 2 N–H and O–H groups in total. The van der Waals surface area contributed by atoms with E-state index in [1.165, 1.54) is 11.3 Å². The van der Waals surface area contributed by atoms with Gasteiger partial charge in [0, 0.05) is 16.1 Å². The molecule has 0 bridgehead atoms. The topological polar surface area (TPSA) is 70.2 Å². The second kappa shape index (κ2) is 4.10. The second-order valence-corrected chi connectivity index (χ2v) is 5.24. The minimum atomic E-state index is -1.16. The highest BCUT2D eigenvalue weighted by Crippen LogP contribution is 2.35. The summed E-state index contributed by atoms with van der Waals surface area (Å²) in [7, 11) is 0. The Balaban J connectivity index is 2.40. The van der Waals surface area contributed by atoms with Crippen molar-refractivity contribution in [2.75, 3.05) is 0 Å². The number of aromatic carboxylic acids is 1. The quantitative estimate of drug-likeness (QED) is 0.871. The lowest BCUT2D eigenvalue weighted by atomic mass is 10.0. The molecule has 0 radical (unpaired) electrons. The van der Waals surface area contributed by atoms with Crippen molar-refractivity contribution in [2.24, 2.45) is 0 Å². The molecule has 4 nitrogen and oxygen atoms in total. The minimum Gasteiger partial charge on any atom is -0.477 e. The number of nitrogens with one attached hydrogen (secondary N) is 1. The molecular weight excluding hydrogens is 250 g/mol. The molecule has 0 atom stereocenters. The zero-order valence-corrected chi connectivity index (χ0v) is 10.3. The number of aromatic nitrogens is 1. The number of carboxylic acids is 1. The summed E-state index contributed by atoms with van der Waals surface area (Å²) in [5, 5.41) is 11.2. The second-order valence-electron chi connectivity index (χ2n) is 4.30. The highest BCUT2D eigenvalue weighted by Gasteiger charge is 2.26. The van der Waals surface area contributed by atoms with E-state index in [2.05, 4.69) is 4.98 Å². The molecule has 0 spiro atoms. The average Bonchev–Trinajstić information content (AvgIpc) is 2.96. The molecule has 2 aromatic heterocycles. The van der Waals surface area contributed by atoms with Crippen LogP contribution in [-0.2, 0) is 12.8 Å². The van der Waals surface area contributed by atoms with E-state index in [0.717, 1.165) is 35.4 Å². The fourth-order valence-electron chi connectivity index (χ4n) is 2.52. The lowest BCUT2D eigenvalue weighted by molar-refractivity contribution is 0.0695. The predicted molar refractivity (Wildman–Crippen MR) is 69.4 cm³/mol. The molecule has 1 aliphatic carbocycles. The molecule has 2 heterocycles. The van der Waals surface area contributed by atoms with Crippen LogP contribution in [0.1, 0.15) is 28.0 Å². The summed E-state index contributed by atoms with van der Waals surface area (Å²) in [5.41, 5.74) is 1.89. The SMILES string of the molecule is O=C(O)c1c(-c2cccs2)c2c([nH]c1=O)CCC2. The summed E-state index contributed by atoms with van der Waals surface area (Å²) >= 11 is 1.47. The van der Waals surface area contributed by atoms with Gasteiger partial charge in [0.1, 0.15) is 5.56 Å². The third-order valence-electron chi connectivity index (χ3n) is 3.24. The summed E-state index contributed by atoms with van der Waals surface area (Å²) in [6, 6.07) is 3.73. The van der Waals surface area contributed by atoms with E-state index in [0.29, 0.717) is 5.56 Å². The van der Waals surface area contributed by atoms with Gasteiger partial charge in [-0.3, -0.25) is 4.79 Å². The Hall–Kier alpha value is -1.88. The van der Waals surface area contributed by atoms with Gasteiger partial charge in [0.15, 0.2) is 0 Å². The number of rotatable bonds is 2. The maximum atomic E-state index is 11.9. The van der Waals surface area contributed by atoms with Crippen molar-refractivity contribution >= 4 is 17.3 Å². The van der Waals surface area contributed by atoms with E-state index in [1.807, 2.05) is 17.5 Å². The summed E-state index contributed by atoms with van der Waals surface area (Å²) in [6.45, 7) is 0. The molecule has 0 saturated carbocycles. The van der Waals surface area contributed by atoms with Crippen molar-refractivity contribution in [3.63, 3.8) is 0 Å². The molecule has 0 aliphatic heterocycles. The number of aromatic amines is 1. The van der Waals surface area contributed by atoms with Gasteiger partial charge in [0.25, 0.3) is 5.56 Å². The highest BCUT2D eigenvalue weighted by molar-refractivity contribution is 7.13. The maximum absolute atomic E-state index is 11.9. The van der Waals surface area contributed by atoms with E-state index in [4.69, 9.17) is 0 Å². The Bertz CT molecular complexity index is 670. The Morgan fingerprint density at radius 2 is 2.22 bits per heavy atom. The van der Waals surface area contributed by atoms with E-state index < -0.39 is 11.5 Å². The van der Waals surface area contributed by atoms with Crippen LogP contribution in [0.15, 0.2) is 22.3 Å². The third-order valence-corrected chi connectivity index (χ3v) is 4.13. The van der Waals surface area contributed by atoms with E-state index in [-0.39, 0.29) is 5.56 Å². The van der Waals surface area contributed by atoms with Crippen molar-refractivity contribution in [1.82, 2.24) is 4.98 Å². The number of pyridine rings is 1. The molecule has 1 aliphatic rings. The Kier molecular flexibility index (Phi) is 2.56. The number of carboxylic acid groups (broad SMARTS) is 1. The molecule has 3 rings (SSSR count). The number of hydrogen-bond acceptors (Lipinski definition) is 3. The van der Waals surface area contributed by atoms with Gasteiger partial charge < -0.3 is 10.1 Å². The smallest absolute Gasteiger partial charge is 0.342 e. The average molecular weight is 261 g/mol. The van der Waals surface area contributed by atoms with Gasteiger partial charge >= 0.3 is 5.97 Å². The van der Waals surface area contributed by atoms with Crippen molar-refractivity contribution in [2.45, 2.75) is 19.3 Å². The summed E-state index contributed by atoms with van der Waals surface area (Å²) in [4.78, 5) is 26.8. The van der Waals surface area contributed by atoms with Gasteiger partial charge in [-0.05, 0) is 36.3 Å². The lowest BCUT2D eigenvalue weighted by Gasteiger charge is -2.09. The molecule has 0 aromatic carbocycles. The predicted octanol–water partition coefficient (Wildman–Crippen LogP) is 2.29. The standard InChI is InChI=1S/C13H11NO3S/c15-12-11(13(16)17)10(9-5-2-6-18-9)7-3-1-4-8(7)14-12/h2,5-6H,1,3-4H2,(H,14,15)(H,16,17). The van der Waals surface area contributed by atoms with Crippen LogP contribution in [0.4, 0.5) is 0 Å². The van der Waals surface area contributed by atoms with Crippen molar-refractivity contribution in [3.05, 3.63) is 44.7 Å². The van der Waals surface area contributed by atoms with E-state index in [1.54, 1.807) is 0 Å². The molecular formula is C13H11NO3S. The largest absolute Gasteiger partial charge is 0.477 e. The van der Waals surface area contributed by atoms with Crippen molar-refractivity contribution in [3.8, 4) is 10.4 Å². The maximum Gasteiger partial charge on any atom is 0.342 e. The molecule has 0 amide bonds. The summed E-state index contributed by atoms with van der Waals surface area (Å²) < 4.78 is 0.